The van der Waals surface area contributed by atoms with E-state index in [1.54, 1.807) is 6.07 Å². The Kier molecular flexibility index (Phi) is 2.84. The second-order valence-electron chi connectivity index (χ2n) is 5.89. The van der Waals surface area contributed by atoms with Gasteiger partial charge < -0.3 is 4.74 Å². The molecule has 0 N–H and O–H groups in total. The summed E-state index contributed by atoms with van der Waals surface area (Å²) in [6.07, 6.45) is 1.85. The monoisotopic (exact) mass is 355 g/mol. The number of fused-ring (bicyclic) bond motifs is 6. The molecule has 0 fully saturated rings. The highest BCUT2D eigenvalue weighted by Gasteiger charge is 2.23. The Labute approximate surface area is 147 Å². The minimum atomic E-state index is 0.442. The van der Waals surface area contributed by atoms with Gasteiger partial charge in [0.1, 0.15) is 12.4 Å². The summed E-state index contributed by atoms with van der Waals surface area (Å²) in [6.45, 7) is 0.442. The molecule has 3 heterocycles. The molecule has 2 aromatic heterocycles. The van der Waals surface area contributed by atoms with Crippen LogP contribution in [-0.2, 0) is 13.7 Å². The zero-order valence-electron chi connectivity index (χ0n) is 12.7. The smallest absolute Gasteiger partial charge is 0.147 e. The van der Waals surface area contributed by atoms with Crippen LogP contribution < -0.4 is 4.74 Å². The van der Waals surface area contributed by atoms with E-state index in [-0.39, 0.29) is 0 Å². The van der Waals surface area contributed by atoms with Crippen LogP contribution in [0.1, 0.15) is 5.56 Å². The fourth-order valence-electron chi connectivity index (χ4n) is 3.29. The largest absolute Gasteiger partial charge is 0.487 e. The van der Waals surface area contributed by atoms with Gasteiger partial charge in [-0.05, 0) is 24.3 Å². The molecule has 1 aliphatic rings. The predicted molar refractivity (Wildman–Crippen MR) is 95.8 cm³/mol. The highest BCUT2D eigenvalue weighted by Crippen LogP contribution is 2.44. The second-order valence-corrected chi connectivity index (χ2v) is 6.73. The first-order chi connectivity index (χ1) is 11.6. The molecule has 4 nitrogen and oxygen atoms in total. The van der Waals surface area contributed by atoms with E-state index in [1.807, 2.05) is 24.0 Å². The van der Waals surface area contributed by atoms with E-state index in [1.165, 1.54) is 0 Å². The molecular formula is C18H11Cl2N3O. The molecule has 0 amide bonds. The summed E-state index contributed by atoms with van der Waals surface area (Å²) in [5.41, 5.74) is 4.69. The Morgan fingerprint density at radius 1 is 1.17 bits per heavy atom. The molecule has 0 aliphatic carbocycles. The quantitative estimate of drug-likeness (QED) is 0.446. The Morgan fingerprint density at radius 3 is 2.92 bits per heavy atom. The number of benzene rings is 2. The number of nitrogens with zero attached hydrogens (tertiary/aromatic N) is 3. The van der Waals surface area contributed by atoms with Crippen molar-refractivity contribution in [2.75, 3.05) is 0 Å². The van der Waals surface area contributed by atoms with Gasteiger partial charge in [-0.3, -0.25) is 4.68 Å². The Hall–Kier alpha value is -2.30. The number of halogens is 2. The van der Waals surface area contributed by atoms with E-state index in [0.29, 0.717) is 22.4 Å². The third-order valence-corrected chi connectivity index (χ3v) is 4.93. The van der Waals surface area contributed by atoms with Crippen molar-refractivity contribution < 1.29 is 4.74 Å². The number of rotatable bonds is 0. The lowest BCUT2D eigenvalue weighted by molar-refractivity contribution is 0.302. The van der Waals surface area contributed by atoms with Gasteiger partial charge in [-0.2, -0.15) is 5.10 Å². The lowest BCUT2D eigenvalue weighted by Crippen LogP contribution is -2.08. The number of aryl methyl sites for hydroxylation is 1. The fourth-order valence-corrected chi connectivity index (χ4v) is 3.84. The van der Waals surface area contributed by atoms with Gasteiger partial charge in [0.15, 0.2) is 0 Å². The summed E-state index contributed by atoms with van der Waals surface area (Å²) in [7, 11) is 1.93. The fraction of sp³-hybridized carbons (Fsp3) is 0.111. The lowest BCUT2D eigenvalue weighted by atomic mass is 10.00. The molecule has 118 valence electrons. The first-order valence-corrected chi connectivity index (χ1v) is 8.24. The summed E-state index contributed by atoms with van der Waals surface area (Å²) in [4.78, 5) is 4.93. The average molecular weight is 356 g/mol. The van der Waals surface area contributed by atoms with Crippen LogP contribution in [0.15, 0.2) is 36.5 Å². The third kappa shape index (κ3) is 1.87. The molecule has 0 bridgehead atoms. The van der Waals surface area contributed by atoms with Gasteiger partial charge in [0.05, 0.1) is 27.9 Å². The molecule has 2 aromatic carbocycles. The molecule has 0 unspecified atom stereocenters. The minimum absolute atomic E-state index is 0.442. The van der Waals surface area contributed by atoms with Crippen molar-refractivity contribution in [3.63, 3.8) is 0 Å². The van der Waals surface area contributed by atoms with Crippen LogP contribution >= 0.6 is 23.2 Å². The number of pyridine rings is 1. The molecule has 0 atom stereocenters. The maximum Gasteiger partial charge on any atom is 0.147 e. The molecule has 0 saturated carbocycles. The van der Waals surface area contributed by atoms with Crippen molar-refractivity contribution in [3.05, 3.63) is 52.1 Å². The number of ether oxygens (including phenoxy) is 1. The first-order valence-electron chi connectivity index (χ1n) is 7.48. The summed E-state index contributed by atoms with van der Waals surface area (Å²) < 4.78 is 7.68. The summed E-state index contributed by atoms with van der Waals surface area (Å²) in [5.74, 6) is 0.638. The Bertz CT molecular complexity index is 1150. The lowest BCUT2D eigenvalue weighted by Gasteiger charge is -2.22. The highest BCUT2D eigenvalue weighted by atomic mass is 35.5. The average Bonchev–Trinajstić information content (AvgIpc) is 2.94. The normalized spacial score (nSPS) is 13.0. The SMILES string of the molecule is Cn1ncc2c3nc4c(cc3ccc21)COc1c(Cl)cc(Cl)cc1-4. The molecule has 0 saturated heterocycles. The van der Waals surface area contributed by atoms with Gasteiger partial charge in [0.2, 0.25) is 0 Å². The van der Waals surface area contributed by atoms with Crippen LogP contribution in [0.2, 0.25) is 10.0 Å². The maximum absolute atomic E-state index is 6.28. The van der Waals surface area contributed by atoms with Crippen LogP contribution in [0.5, 0.6) is 5.75 Å². The van der Waals surface area contributed by atoms with E-state index in [4.69, 9.17) is 32.9 Å². The standard InChI is InChI=1S/C18H11Cl2N3O/c1-23-15-3-2-9-4-10-8-24-18-12(5-11(19)6-14(18)20)17(10)22-16(9)13(15)7-21-23/h2-7H,8H2,1H3. The maximum atomic E-state index is 6.28. The topological polar surface area (TPSA) is 39.9 Å². The van der Waals surface area contributed by atoms with E-state index in [0.717, 1.165) is 38.6 Å². The molecule has 1 aliphatic heterocycles. The van der Waals surface area contributed by atoms with E-state index < -0.39 is 0 Å². The van der Waals surface area contributed by atoms with E-state index in [2.05, 4.69) is 23.3 Å². The van der Waals surface area contributed by atoms with E-state index in [9.17, 15) is 0 Å². The van der Waals surface area contributed by atoms with Crippen LogP contribution in [0.3, 0.4) is 0 Å². The van der Waals surface area contributed by atoms with Crippen molar-refractivity contribution in [3.8, 4) is 17.0 Å². The molecular weight excluding hydrogens is 345 g/mol. The molecule has 5 rings (SSSR count). The summed E-state index contributed by atoms with van der Waals surface area (Å²) in [5, 5.41) is 7.50. The van der Waals surface area contributed by atoms with Crippen LogP contribution in [-0.4, -0.2) is 14.8 Å². The first kappa shape index (κ1) is 14.1. The van der Waals surface area contributed by atoms with E-state index >= 15 is 0 Å². The predicted octanol–water partition coefficient (Wildman–Crippen LogP) is 4.99. The molecule has 0 radical (unpaired) electrons. The van der Waals surface area contributed by atoms with Gasteiger partial charge in [-0.15, -0.1) is 0 Å². The van der Waals surface area contributed by atoms with Gasteiger partial charge in [0.25, 0.3) is 0 Å². The minimum Gasteiger partial charge on any atom is -0.487 e. The van der Waals surface area contributed by atoms with Gasteiger partial charge >= 0.3 is 0 Å². The molecule has 0 spiro atoms. The molecule has 6 heteroatoms. The summed E-state index contributed by atoms with van der Waals surface area (Å²) >= 11 is 12.5. The van der Waals surface area contributed by atoms with Gasteiger partial charge in [-0.1, -0.05) is 29.3 Å². The van der Waals surface area contributed by atoms with Crippen molar-refractivity contribution >= 4 is 45.0 Å². The molecule has 4 aromatic rings. The van der Waals surface area contributed by atoms with Gasteiger partial charge in [0, 0.05) is 34.0 Å². The molecule has 24 heavy (non-hydrogen) atoms. The Balaban J connectivity index is 1.89. The van der Waals surface area contributed by atoms with Crippen molar-refractivity contribution in [1.82, 2.24) is 14.8 Å². The zero-order valence-corrected chi connectivity index (χ0v) is 14.2. The number of hydrogen-bond donors (Lipinski definition) is 0. The van der Waals surface area contributed by atoms with Crippen LogP contribution in [0.25, 0.3) is 33.1 Å². The summed E-state index contributed by atoms with van der Waals surface area (Å²) in [6, 6.07) is 9.77. The highest BCUT2D eigenvalue weighted by molar-refractivity contribution is 6.36. The van der Waals surface area contributed by atoms with Gasteiger partial charge in [-0.25, -0.2) is 4.98 Å². The zero-order chi connectivity index (χ0) is 16.4. The third-order valence-electron chi connectivity index (χ3n) is 4.43. The van der Waals surface area contributed by atoms with Crippen molar-refractivity contribution in [2.45, 2.75) is 6.61 Å². The van der Waals surface area contributed by atoms with Crippen LogP contribution in [0.4, 0.5) is 0 Å². The van der Waals surface area contributed by atoms with Crippen molar-refractivity contribution in [2.24, 2.45) is 7.05 Å². The number of hydrogen-bond acceptors (Lipinski definition) is 3. The van der Waals surface area contributed by atoms with Crippen molar-refractivity contribution in [1.29, 1.82) is 0 Å². The number of aromatic nitrogens is 3. The Morgan fingerprint density at radius 2 is 2.04 bits per heavy atom. The second kappa shape index (κ2) is 4.85. The van der Waals surface area contributed by atoms with Crippen LogP contribution in [0, 0.1) is 0 Å².